The highest BCUT2D eigenvalue weighted by molar-refractivity contribution is 6.16. The number of methoxy groups -OCH3 is 1. The standard InChI is InChI=1S/C23H25FN2O3/c1-13(2)25-16(5)21(23(28)29-6)18(22(25)27)12-17-11-14(3)26(15(17)4)20-10-8-7-9-19(20)24/h7-13H,1-6H3/b18-12-. The number of allylic oxidation sites excluding steroid dienone is 1. The number of aromatic nitrogens is 1. The fourth-order valence-electron chi connectivity index (χ4n) is 3.91. The summed E-state index contributed by atoms with van der Waals surface area (Å²) in [5.41, 5.74) is 3.91. The van der Waals surface area contributed by atoms with E-state index in [-0.39, 0.29) is 28.9 Å². The number of benzene rings is 1. The van der Waals surface area contributed by atoms with Gasteiger partial charge in [0.2, 0.25) is 0 Å². The summed E-state index contributed by atoms with van der Waals surface area (Å²) < 4.78 is 21.1. The van der Waals surface area contributed by atoms with E-state index in [9.17, 15) is 14.0 Å². The van der Waals surface area contributed by atoms with E-state index in [0.29, 0.717) is 11.4 Å². The van der Waals surface area contributed by atoms with E-state index in [1.165, 1.54) is 13.2 Å². The van der Waals surface area contributed by atoms with Gasteiger partial charge in [-0.2, -0.15) is 0 Å². The molecule has 1 amide bonds. The Hall–Kier alpha value is -3.15. The van der Waals surface area contributed by atoms with Crippen molar-refractivity contribution < 1.29 is 18.7 Å². The number of amides is 1. The predicted octanol–water partition coefficient (Wildman–Crippen LogP) is 4.31. The number of esters is 1. The van der Waals surface area contributed by atoms with E-state index < -0.39 is 5.97 Å². The minimum Gasteiger partial charge on any atom is -0.465 e. The Morgan fingerprint density at radius 2 is 1.83 bits per heavy atom. The third kappa shape index (κ3) is 3.39. The summed E-state index contributed by atoms with van der Waals surface area (Å²) in [4.78, 5) is 27.1. The van der Waals surface area contributed by atoms with Gasteiger partial charge in [-0.05, 0) is 64.5 Å². The molecular weight excluding hydrogens is 371 g/mol. The maximum atomic E-state index is 14.4. The van der Waals surface area contributed by atoms with Crippen molar-refractivity contribution in [3.63, 3.8) is 0 Å². The predicted molar refractivity (Wildman–Crippen MR) is 110 cm³/mol. The lowest BCUT2D eigenvalue weighted by molar-refractivity contribution is -0.136. The molecule has 2 aromatic rings. The molecule has 5 nitrogen and oxygen atoms in total. The Kier molecular flexibility index (Phi) is 5.46. The van der Waals surface area contributed by atoms with Crippen molar-refractivity contribution in [2.75, 3.05) is 7.11 Å². The van der Waals surface area contributed by atoms with E-state index in [1.807, 2.05) is 33.8 Å². The van der Waals surface area contributed by atoms with Crippen LogP contribution in [-0.4, -0.2) is 34.5 Å². The fraction of sp³-hybridized carbons (Fsp3) is 0.304. The number of halogens is 1. The number of hydrogen-bond acceptors (Lipinski definition) is 3. The first kappa shape index (κ1) is 20.6. The van der Waals surface area contributed by atoms with Crippen molar-refractivity contribution >= 4 is 18.0 Å². The lowest BCUT2D eigenvalue weighted by Crippen LogP contribution is -2.31. The first-order valence-electron chi connectivity index (χ1n) is 9.47. The van der Waals surface area contributed by atoms with Gasteiger partial charge in [0.05, 0.1) is 23.9 Å². The molecule has 6 heteroatoms. The van der Waals surface area contributed by atoms with E-state index in [1.54, 1.807) is 40.7 Å². The number of ether oxygens (including phenoxy) is 1. The van der Waals surface area contributed by atoms with E-state index >= 15 is 0 Å². The maximum Gasteiger partial charge on any atom is 0.340 e. The summed E-state index contributed by atoms with van der Waals surface area (Å²) in [6.07, 6.45) is 1.69. The third-order valence-electron chi connectivity index (χ3n) is 5.21. The zero-order valence-corrected chi connectivity index (χ0v) is 17.5. The van der Waals surface area contributed by atoms with Crippen molar-refractivity contribution in [1.29, 1.82) is 0 Å². The number of carbonyl (C=O) groups excluding carboxylic acids is 2. The molecule has 0 unspecified atom stereocenters. The van der Waals surface area contributed by atoms with Crippen LogP contribution in [0.15, 0.2) is 47.2 Å². The summed E-state index contributed by atoms with van der Waals surface area (Å²) in [5, 5.41) is 0. The molecule has 0 spiro atoms. The highest BCUT2D eigenvalue weighted by Gasteiger charge is 2.38. The first-order valence-corrected chi connectivity index (χ1v) is 9.47. The van der Waals surface area contributed by atoms with Gasteiger partial charge >= 0.3 is 5.97 Å². The van der Waals surface area contributed by atoms with Gasteiger partial charge in [-0.15, -0.1) is 0 Å². The quantitative estimate of drug-likeness (QED) is 0.571. The first-order chi connectivity index (χ1) is 13.7. The van der Waals surface area contributed by atoms with Gasteiger partial charge in [-0.1, -0.05) is 12.1 Å². The second-order valence-electron chi connectivity index (χ2n) is 7.39. The molecule has 1 aliphatic rings. The summed E-state index contributed by atoms with van der Waals surface area (Å²) in [5.74, 6) is -1.12. The van der Waals surface area contributed by atoms with Crippen molar-refractivity contribution in [2.24, 2.45) is 0 Å². The molecule has 1 aromatic carbocycles. The number of carbonyl (C=O) groups is 2. The molecule has 3 rings (SSSR count). The number of aryl methyl sites for hydroxylation is 1. The molecule has 0 atom stereocenters. The lowest BCUT2D eigenvalue weighted by Gasteiger charge is -2.22. The fourth-order valence-corrected chi connectivity index (χ4v) is 3.91. The van der Waals surface area contributed by atoms with Crippen LogP contribution in [0.2, 0.25) is 0 Å². The van der Waals surface area contributed by atoms with Gasteiger partial charge in [0.1, 0.15) is 5.82 Å². The molecule has 2 heterocycles. The normalized spacial score (nSPS) is 15.8. The van der Waals surface area contributed by atoms with Crippen LogP contribution in [0.1, 0.15) is 37.7 Å². The zero-order valence-electron chi connectivity index (χ0n) is 17.5. The lowest BCUT2D eigenvalue weighted by atomic mass is 10.0. The highest BCUT2D eigenvalue weighted by atomic mass is 19.1. The monoisotopic (exact) mass is 396 g/mol. The van der Waals surface area contributed by atoms with Crippen LogP contribution < -0.4 is 0 Å². The largest absolute Gasteiger partial charge is 0.465 e. The Bertz CT molecular complexity index is 1060. The second-order valence-corrected chi connectivity index (χ2v) is 7.39. The summed E-state index contributed by atoms with van der Waals surface area (Å²) in [6.45, 7) is 9.26. The molecule has 0 bridgehead atoms. The molecule has 0 fully saturated rings. The van der Waals surface area contributed by atoms with Gasteiger partial charge in [0.15, 0.2) is 0 Å². The highest BCUT2D eigenvalue weighted by Crippen LogP contribution is 2.34. The maximum absolute atomic E-state index is 14.4. The average molecular weight is 396 g/mol. The molecule has 1 aromatic heterocycles. The molecule has 0 aliphatic carbocycles. The second kappa shape index (κ2) is 7.70. The number of hydrogen-bond donors (Lipinski definition) is 0. The molecule has 0 radical (unpaired) electrons. The van der Waals surface area contributed by atoms with E-state index in [4.69, 9.17) is 4.74 Å². The smallest absolute Gasteiger partial charge is 0.340 e. The Morgan fingerprint density at radius 3 is 2.41 bits per heavy atom. The Labute approximate surface area is 170 Å². The topological polar surface area (TPSA) is 51.5 Å². The van der Waals surface area contributed by atoms with Crippen molar-refractivity contribution in [1.82, 2.24) is 9.47 Å². The van der Waals surface area contributed by atoms with Gasteiger partial charge in [0, 0.05) is 23.1 Å². The number of para-hydroxylation sites is 1. The van der Waals surface area contributed by atoms with Gasteiger partial charge in [-0.25, -0.2) is 9.18 Å². The van der Waals surface area contributed by atoms with Crippen LogP contribution in [0.4, 0.5) is 4.39 Å². The molecular formula is C23H25FN2O3. The van der Waals surface area contributed by atoms with Crippen LogP contribution in [0.3, 0.4) is 0 Å². The Morgan fingerprint density at radius 1 is 1.17 bits per heavy atom. The average Bonchev–Trinajstić information content (AvgIpc) is 3.08. The van der Waals surface area contributed by atoms with Gasteiger partial charge < -0.3 is 14.2 Å². The molecule has 0 saturated heterocycles. The van der Waals surface area contributed by atoms with Crippen LogP contribution in [0, 0.1) is 19.7 Å². The summed E-state index contributed by atoms with van der Waals surface area (Å²) >= 11 is 0. The van der Waals surface area contributed by atoms with Crippen molar-refractivity contribution in [3.8, 4) is 5.69 Å². The zero-order chi connectivity index (χ0) is 21.5. The molecule has 0 saturated carbocycles. The third-order valence-corrected chi connectivity index (χ3v) is 5.21. The molecule has 1 aliphatic heterocycles. The molecule has 29 heavy (non-hydrogen) atoms. The van der Waals surface area contributed by atoms with Crippen molar-refractivity contribution in [3.05, 3.63) is 69.9 Å². The molecule has 152 valence electrons. The number of nitrogens with zero attached hydrogens (tertiary/aromatic N) is 2. The Balaban J connectivity index is 2.17. The van der Waals surface area contributed by atoms with E-state index in [2.05, 4.69) is 0 Å². The van der Waals surface area contributed by atoms with Crippen molar-refractivity contribution in [2.45, 2.75) is 40.7 Å². The van der Waals surface area contributed by atoms with E-state index in [0.717, 1.165) is 17.0 Å². The van der Waals surface area contributed by atoms with Crippen LogP contribution >= 0.6 is 0 Å². The van der Waals surface area contributed by atoms with Crippen LogP contribution in [0.5, 0.6) is 0 Å². The van der Waals surface area contributed by atoms with Crippen LogP contribution in [-0.2, 0) is 14.3 Å². The van der Waals surface area contributed by atoms with Gasteiger partial charge in [-0.3, -0.25) is 4.79 Å². The summed E-state index contributed by atoms with van der Waals surface area (Å²) in [6, 6.07) is 8.32. The minimum absolute atomic E-state index is 0.0982. The number of rotatable bonds is 4. The van der Waals surface area contributed by atoms with Crippen LogP contribution in [0.25, 0.3) is 11.8 Å². The SMILES string of the molecule is COC(=O)C1=C(C)N(C(C)C)C(=O)/C1=C\c1cc(C)n(-c2ccccc2F)c1C. The summed E-state index contributed by atoms with van der Waals surface area (Å²) in [7, 11) is 1.30. The molecule has 0 N–H and O–H groups in total. The van der Waals surface area contributed by atoms with Gasteiger partial charge in [0.25, 0.3) is 5.91 Å². The minimum atomic E-state index is -0.548.